The smallest absolute Gasteiger partial charge is 0.420 e. The summed E-state index contributed by atoms with van der Waals surface area (Å²) in [7, 11) is 1.38. The molecule has 1 aliphatic carbocycles. The number of halogens is 3. The summed E-state index contributed by atoms with van der Waals surface area (Å²) in [4.78, 5) is 23.2. The van der Waals surface area contributed by atoms with Crippen LogP contribution in [-0.4, -0.2) is 37.4 Å². The highest BCUT2D eigenvalue weighted by atomic mass is 19.4. The zero-order valence-electron chi connectivity index (χ0n) is 17.7. The van der Waals surface area contributed by atoms with E-state index in [1.54, 1.807) is 18.2 Å². The molecule has 1 aromatic carbocycles. The van der Waals surface area contributed by atoms with E-state index in [0.29, 0.717) is 6.42 Å². The number of hydrogen-bond acceptors (Lipinski definition) is 5. The minimum atomic E-state index is -4.87. The van der Waals surface area contributed by atoms with Gasteiger partial charge >= 0.3 is 6.18 Å². The SMILES string of the molecule is CC(C)OC1(c2c(C(N)=O)cccc2[N+]2(C)C=C(OC=O)C(C(F)(F)F)=N2)C=CC=CC1. The quantitative estimate of drug-likeness (QED) is 0.505. The molecule has 3 rings (SSSR count). The van der Waals surface area contributed by atoms with E-state index in [0.717, 1.165) is 6.20 Å². The highest BCUT2D eigenvalue weighted by Gasteiger charge is 2.51. The molecule has 1 aromatic rings. The molecular weight excluding hydrogens is 427 g/mol. The predicted octanol–water partition coefficient (Wildman–Crippen LogP) is 3.81. The molecule has 10 heteroatoms. The van der Waals surface area contributed by atoms with E-state index in [1.807, 2.05) is 19.9 Å². The molecule has 0 fully saturated rings. The van der Waals surface area contributed by atoms with Gasteiger partial charge in [-0.2, -0.15) is 13.2 Å². The first-order chi connectivity index (χ1) is 14.9. The number of rotatable bonds is 7. The second kappa shape index (κ2) is 8.36. The zero-order valence-corrected chi connectivity index (χ0v) is 17.7. The number of carbonyl (C=O) groups is 2. The molecule has 0 saturated carbocycles. The van der Waals surface area contributed by atoms with E-state index in [1.165, 1.54) is 25.2 Å². The molecule has 0 bridgehead atoms. The standard InChI is InChI=1S/C22H22F3N3O4/c1-14(2)32-21(10-5-4-6-11-21)18-15(20(26)30)8-7-9-16(18)28(3)12-17(31-13-29)19(27-28)22(23,24)25/h4-10,12-14H,11H2,1-3H3,(H-,26,30)/p+1. The van der Waals surface area contributed by atoms with Crippen molar-refractivity contribution >= 4 is 23.8 Å². The van der Waals surface area contributed by atoms with Crippen LogP contribution >= 0.6 is 0 Å². The molecule has 2 atom stereocenters. The van der Waals surface area contributed by atoms with Gasteiger partial charge in [0.05, 0.1) is 17.2 Å². The molecule has 2 unspecified atom stereocenters. The summed E-state index contributed by atoms with van der Waals surface area (Å²) < 4.78 is 50.9. The molecule has 0 radical (unpaired) electrons. The van der Waals surface area contributed by atoms with Crippen LogP contribution in [0, 0.1) is 0 Å². The molecule has 0 aromatic heterocycles. The number of allylic oxidation sites excluding steroid dienone is 3. The van der Waals surface area contributed by atoms with Gasteiger partial charge in [0.15, 0.2) is 11.9 Å². The first-order valence-electron chi connectivity index (χ1n) is 9.77. The summed E-state index contributed by atoms with van der Waals surface area (Å²) in [5.41, 5.74) is 3.71. The maximum absolute atomic E-state index is 13.6. The molecule has 1 amide bonds. The monoisotopic (exact) mass is 450 g/mol. The molecule has 0 spiro atoms. The highest BCUT2D eigenvalue weighted by molar-refractivity contribution is 6.05. The van der Waals surface area contributed by atoms with Gasteiger partial charge in [-0.1, -0.05) is 29.4 Å². The number of hydrogen-bond donors (Lipinski definition) is 1. The Hall–Kier alpha value is -3.24. The van der Waals surface area contributed by atoms with E-state index in [4.69, 9.17) is 10.5 Å². The van der Waals surface area contributed by atoms with Crippen LogP contribution in [0.4, 0.5) is 18.9 Å². The van der Waals surface area contributed by atoms with Gasteiger partial charge in [-0.25, -0.2) is 0 Å². The van der Waals surface area contributed by atoms with Crippen LogP contribution in [0.3, 0.4) is 0 Å². The van der Waals surface area contributed by atoms with Crippen LogP contribution < -0.4 is 10.3 Å². The molecule has 2 N–H and O–H groups in total. The van der Waals surface area contributed by atoms with Crippen LogP contribution in [0.5, 0.6) is 0 Å². The Morgan fingerprint density at radius 3 is 2.56 bits per heavy atom. The van der Waals surface area contributed by atoms with Gasteiger partial charge in [0, 0.05) is 12.5 Å². The molecule has 170 valence electrons. The number of benzene rings is 1. The van der Waals surface area contributed by atoms with Crippen molar-refractivity contribution in [1.82, 2.24) is 4.59 Å². The van der Waals surface area contributed by atoms with Gasteiger partial charge in [0.25, 0.3) is 6.47 Å². The second-order valence-electron chi connectivity index (χ2n) is 7.79. The molecular formula is C22H23F3N3O4+. The van der Waals surface area contributed by atoms with Crippen molar-refractivity contribution in [3.05, 3.63) is 65.6 Å². The van der Waals surface area contributed by atoms with Gasteiger partial charge in [0.1, 0.15) is 12.6 Å². The Kier molecular flexibility index (Phi) is 6.12. The topological polar surface area (TPSA) is 91.0 Å². The van der Waals surface area contributed by atoms with Gasteiger partial charge in [-0.15, -0.1) is 4.59 Å². The lowest BCUT2D eigenvalue weighted by Crippen LogP contribution is -2.40. The summed E-state index contributed by atoms with van der Waals surface area (Å²) in [6, 6.07) is 4.53. The number of ether oxygens (including phenoxy) is 2. The first kappa shape index (κ1) is 23.4. The van der Waals surface area contributed by atoms with Gasteiger partial charge in [-0.3, -0.25) is 9.59 Å². The first-order valence-corrected chi connectivity index (χ1v) is 9.77. The third-order valence-electron chi connectivity index (χ3n) is 5.05. The van der Waals surface area contributed by atoms with Crippen LogP contribution in [0.15, 0.2) is 59.6 Å². The lowest BCUT2D eigenvalue weighted by molar-refractivity contribution is -0.124. The molecule has 1 aliphatic heterocycles. The van der Waals surface area contributed by atoms with Crippen LogP contribution in [0.2, 0.25) is 0 Å². The van der Waals surface area contributed by atoms with E-state index >= 15 is 0 Å². The Bertz CT molecular complexity index is 1060. The summed E-state index contributed by atoms with van der Waals surface area (Å²) in [6.07, 6.45) is 3.31. The van der Waals surface area contributed by atoms with Crippen LogP contribution in [0.25, 0.3) is 0 Å². The number of alkyl halides is 3. The number of quaternary nitrogens is 1. The van der Waals surface area contributed by atoms with Crippen molar-refractivity contribution in [2.24, 2.45) is 10.8 Å². The molecule has 7 nitrogen and oxygen atoms in total. The fourth-order valence-electron chi connectivity index (χ4n) is 3.95. The van der Waals surface area contributed by atoms with Crippen molar-refractivity contribution in [1.29, 1.82) is 0 Å². The molecule has 2 aliphatic rings. The average molecular weight is 450 g/mol. The van der Waals surface area contributed by atoms with E-state index in [2.05, 4.69) is 9.84 Å². The lowest BCUT2D eigenvalue weighted by Gasteiger charge is -2.37. The van der Waals surface area contributed by atoms with E-state index in [9.17, 15) is 22.8 Å². The van der Waals surface area contributed by atoms with Gasteiger partial charge < -0.3 is 15.2 Å². The number of nitrogens with two attached hydrogens (primary N) is 1. The summed E-state index contributed by atoms with van der Waals surface area (Å²) >= 11 is 0. The third kappa shape index (κ3) is 4.23. The normalized spacial score (nSPS) is 25.0. The Morgan fingerprint density at radius 1 is 1.31 bits per heavy atom. The summed E-state index contributed by atoms with van der Waals surface area (Å²) in [6.45, 7) is 3.52. The maximum Gasteiger partial charge on any atom is 0.442 e. The molecule has 0 saturated heterocycles. The predicted molar refractivity (Wildman–Crippen MR) is 112 cm³/mol. The number of carbonyl (C=O) groups excluding carboxylic acids is 2. The Balaban J connectivity index is 2.34. The number of amides is 1. The third-order valence-corrected chi connectivity index (χ3v) is 5.05. The van der Waals surface area contributed by atoms with Crippen LogP contribution in [0.1, 0.15) is 36.2 Å². The maximum atomic E-state index is 13.6. The van der Waals surface area contributed by atoms with Crippen molar-refractivity contribution in [3.8, 4) is 0 Å². The van der Waals surface area contributed by atoms with Crippen molar-refractivity contribution in [2.45, 2.75) is 38.1 Å². The summed E-state index contributed by atoms with van der Waals surface area (Å²) in [5, 5.41) is 3.83. The zero-order chi connectivity index (χ0) is 23.7. The Morgan fingerprint density at radius 2 is 2.03 bits per heavy atom. The van der Waals surface area contributed by atoms with E-state index in [-0.39, 0.29) is 29.4 Å². The largest absolute Gasteiger partial charge is 0.442 e. The van der Waals surface area contributed by atoms with Crippen molar-refractivity contribution < 1.29 is 32.2 Å². The average Bonchev–Trinajstić information content (AvgIpc) is 3.06. The van der Waals surface area contributed by atoms with E-state index < -0.39 is 33.7 Å². The highest BCUT2D eigenvalue weighted by Crippen LogP contribution is 2.46. The van der Waals surface area contributed by atoms with Gasteiger partial charge in [0.2, 0.25) is 17.4 Å². The molecule has 32 heavy (non-hydrogen) atoms. The molecule has 1 heterocycles. The lowest BCUT2D eigenvalue weighted by atomic mass is 9.82. The second-order valence-corrected chi connectivity index (χ2v) is 7.79. The number of primary amides is 1. The van der Waals surface area contributed by atoms with Crippen LogP contribution in [-0.2, 0) is 19.9 Å². The fraction of sp³-hybridized carbons (Fsp3) is 0.318. The minimum absolute atomic E-state index is 0.0874. The van der Waals surface area contributed by atoms with Gasteiger partial charge in [-0.05, 0) is 26.0 Å². The minimum Gasteiger partial charge on any atom is -0.420 e. The Labute approximate surface area is 182 Å². The van der Waals surface area contributed by atoms with Crippen molar-refractivity contribution in [2.75, 3.05) is 7.05 Å². The van der Waals surface area contributed by atoms with Crippen molar-refractivity contribution in [3.63, 3.8) is 0 Å². The fourth-order valence-corrected chi connectivity index (χ4v) is 3.95. The summed E-state index contributed by atoms with van der Waals surface area (Å²) in [5.74, 6) is -1.50. The number of nitrogens with zero attached hydrogens (tertiary/aromatic N) is 2.